The maximum atomic E-state index is 9.82. The first kappa shape index (κ1) is 16.9. The number of phenols is 1. The molecule has 0 saturated carbocycles. The minimum atomic E-state index is 0.345. The van der Waals surface area contributed by atoms with E-state index in [4.69, 9.17) is 0 Å². The third-order valence-corrected chi connectivity index (χ3v) is 4.99. The molecule has 0 aliphatic carbocycles. The lowest BCUT2D eigenvalue weighted by Gasteiger charge is -2.07. The zero-order valence-corrected chi connectivity index (χ0v) is 14.8. The molecule has 2 aromatic carbocycles. The van der Waals surface area contributed by atoms with Gasteiger partial charge in [0.25, 0.3) is 0 Å². The molecule has 0 spiro atoms. The van der Waals surface area contributed by atoms with Gasteiger partial charge in [-0.25, -0.2) is 0 Å². The van der Waals surface area contributed by atoms with Gasteiger partial charge in [0.1, 0.15) is 5.75 Å². The van der Waals surface area contributed by atoms with Gasteiger partial charge in [-0.1, -0.05) is 70.1 Å². The third-order valence-electron chi connectivity index (χ3n) is 4.99. The monoisotopic (exact) mass is 323 g/mol. The topological polar surface area (TPSA) is 25.2 Å². The van der Waals surface area contributed by atoms with E-state index >= 15 is 0 Å². The zero-order valence-electron chi connectivity index (χ0n) is 14.8. The van der Waals surface area contributed by atoms with Gasteiger partial charge >= 0.3 is 0 Å². The molecule has 0 aliphatic rings. The number of unbranched alkanes of at least 4 members (excludes halogenated alkanes) is 7. The smallest absolute Gasteiger partial charge is 0.116 e. The van der Waals surface area contributed by atoms with Gasteiger partial charge in [-0.05, 0) is 30.7 Å². The Kier molecular flexibility index (Phi) is 5.79. The van der Waals surface area contributed by atoms with Crippen LogP contribution in [0.2, 0.25) is 0 Å². The highest BCUT2D eigenvalue weighted by molar-refractivity contribution is 6.08. The molecule has 0 radical (unpaired) electrons. The maximum Gasteiger partial charge on any atom is 0.116 e. The van der Waals surface area contributed by atoms with Crippen LogP contribution in [-0.2, 0) is 6.54 Å². The van der Waals surface area contributed by atoms with Crippen LogP contribution in [0.3, 0.4) is 0 Å². The second-order valence-electron chi connectivity index (χ2n) is 6.85. The molecule has 0 saturated heterocycles. The van der Waals surface area contributed by atoms with E-state index in [0.717, 1.165) is 11.9 Å². The summed E-state index contributed by atoms with van der Waals surface area (Å²) in [7, 11) is 0. The number of phenolic OH excluding ortho intramolecular Hbond substituents is 1. The molecule has 2 nitrogen and oxygen atoms in total. The van der Waals surface area contributed by atoms with E-state index in [1.165, 1.54) is 67.8 Å². The van der Waals surface area contributed by atoms with Gasteiger partial charge in [-0.3, -0.25) is 0 Å². The van der Waals surface area contributed by atoms with Crippen LogP contribution in [0.1, 0.15) is 58.3 Å². The molecule has 3 aromatic rings. The Balaban J connectivity index is 1.65. The molecule has 0 aliphatic heterocycles. The van der Waals surface area contributed by atoms with Crippen molar-refractivity contribution < 1.29 is 5.11 Å². The Morgan fingerprint density at radius 3 is 2.21 bits per heavy atom. The summed E-state index contributed by atoms with van der Waals surface area (Å²) in [5.41, 5.74) is 2.51. The third kappa shape index (κ3) is 3.75. The molecule has 0 atom stereocenters. The summed E-state index contributed by atoms with van der Waals surface area (Å²) in [6.45, 7) is 3.33. The lowest BCUT2D eigenvalue weighted by atomic mass is 10.1. The van der Waals surface area contributed by atoms with Crippen molar-refractivity contribution in [3.8, 4) is 5.75 Å². The lowest BCUT2D eigenvalue weighted by Crippen LogP contribution is -1.97. The Morgan fingerprint density at radius 1 is 0.750 bits per heavy atom. The summed E-state index contributed by atoms with van der Waals surface area (Å²) >= 11 is 0. The minimum Gasteiger partial charge on any atom is -0.508 e. The molecular weight excluding hydrogens is 294 g/mol. The average Bonchev–Trinajstić information content (AvgIpc) is 2.91. The number of aromatic nitrogens is 1. The van der Waals surface area contributed by atoms with Crippen LogP contribution >= 0.6 is 0 Å². The Hall–Kier alpha value is -1.96. The second kappa shape index (κ2) is 8.23. The Bertz CT molecular complexity index is 787. The van der Waals surface area contributed by atoms with E-state index in [0.29, 0.717) is 5.75 Å². The van der Waals surface area contributed by atoms with Crippen LogP contribution in [0, 0.1) is 0 Å². The Labute approximate surface area is 145 Å². The van der Waals surface area contributed by atoms with E-state index in [9.17, 15) is 5.11 Å². The van der Waals surface area contributed by atoms with Gasteiger partial charge in [0, 0.05) is 28.4 Å². The van der Waals surface area contributed by atoms with E-state index in [-0.39, 0.29) is 0 Å². The molecule has 0 fully saturated rings. The first-order valence-electron chi connectivity index (χ1n) is 9.51. The first-order chi connectivity index (χ1) is 11.8. The first-order valence-corrected chi connectivity index (χ1v) is 9.51. The fraction of sp³-hybridized carbons (Fsp3) is 0.455. The van der Waals surface area contributed by atoms with Crippen LogP contribution in [-0.4, -0.2) is 9.67 Å². The van der Waals surface area contributed by atoms with Crippen molar-refractivity contribution >= 4 is 21.8 Å². The SMILES string of the molecule is CCCCCCCCCCn1c2ccccc2c2cc(O)ccc21. The maximum absolute atomic E-state index is 9.82. The highest BCUT2D eigenvalue weighted by Crippen LogP contribution is 2.31. The fourth-order valence-electron chi connectivity index (χ4n) is 3.69. The van der Waals surface area contributed by atoms with Crippen molar-refractivity contribution in [2.24, 2.45) is 0 Å². The number of hydrogen-bond acceptors (Lipinski definition) is 1. The molecule has 1 heterocycles. The summed E-state index contributed by atoms with van der Waals surface area (Å²) < 4.78 is 2.42. The van der Waals surface area contributed by atoms with Gasteiger partial charge in [-0.15, -0.1) is 0 Å². The number of rotatable bonds is 9. The van der Waals surface area contributed by atoms with Gasteiger partial charge in [0.2, 0.25) is 0 Å². The van der Waals surface area contributed by atoms with Crippen LogP contribution in [0.15, 0.2) is 42.5 Å². The van der Waals surface area contributed by atoms with Crippen molar-refractivity contribution in [3.63, 3.8) is 0 Å². The lowest BCUT2D eigenvalue weighted by molar-refractivity contribution is 0.476. The van der Waals surface area contributed by atoms with Crippen LogP contribution < -0.4 is 0 Å². The van der Waals surface area contributed by atoms with E-state index in [1.807, 2.05) is 6.07 Å². The number of nitrogens with zero attached hydrogens (tertiary/aromatic N) is 1. The zero-order chi connectivity index (χ0) is 16.8. The molecule has 0 amide bonds. The molecule has 128 valence electrons. The highest BCUT2D eigenvalue weighted by Gasteiger charge is 2.10. The van der Waals surface area contributed by atoms with Gasteiger partial charge in [0.15, 0.2) is 0 Å². The number of para-hydroxylation sites is 1. The molecular formula is C22H29NO. The molecule has 24 heavy (non-hydrogen) atoms. The number of fused-ring (bicyclic) bond motifs is 3. The second-order valence-corrected chi connectivity index (χ2v) is 6.85. The standard InChI is InChI=1S/C22H29NO/c1-2-3-4-5-6-7-8-11-16-23-21-13-10-9-12-19(21)20-17-18(24)14-15-22(20)23/h9-10,12-15,17,24H,2-8,11,16H2,1H3. The van der Waals surface area contributed by atoms with Crippen LogP contribution in [0.4, 0.5) is 0 Å². The predicted octanol–water partition coefficient (Wildman–Crippen LogP) is 6.64. The highest BCUT2D eigenvalue weighted by atomic mass is 16.3. The summed E-state index contributed by atoms with van der Waals surface area (Å²) in [4.78, 5) is 0. The van der Waals surface area contributed by atoms with E-state index in [2.05, 4.69) is 41.8 Å². The van der Waals surface area contributed by atoms with Gasteiger partial charge < -0.3 is 9.67 Å². The van der Waals surface area contributed by atoms with E-state index in [1.54, 1.807) is 6.07 Å². The fourth-order valence-corrected chi connectivity index (χ4v) is 3.69. The van der Waals surface area contributed by atoms with Gasteiger partial charge in [-0.2, -0.15) is 0 Å². The van der Waals surface area contributed by atoms with Crippen molar-refractivity contribution in [3.05, 3.63) is 42.5 Å². The van der Waals surface area contributed by atoms with Crippen molar-refractivity contribution in [2.45, 2.75) is 64.8 Å². The van der Waals surface area contributed by atoms with E-state index < -0.39 is 0 Å². The van der Waals surface area contributed by atoms with Crippen molar-refractivity contribution in [2.75, 3.05) is 0 Å². The summed E-state index contributed by atoms with van der Waals surface area (Å²) in [6.07, 6.45) is 10.7. The molecule has 3 rings (SSSR count). The quantitative estimate of drug-likeness (QED) is 0.439. The number of aryl methyl sites for hydroxylation is 1. The Morgan fingerprint density at radius 2 is 1.42 bits per heavy atom. The minimum absolute atomic E-state index is 0.345. The largest absolute Gasteiger partial charge is 0.508 e. The molecule has 0 bridgehead atoms. The molecule has 2 heteroatoms. The van der Waals surface area contributed by atoms with Crippen LogP contribution in [0.25, 0.3) is 21.8 Å². The van der Waals surface area contributed by atoms with Crippen molar-refractivity contribution in [1.82, 2.24) is 4.57 Å². The predicted molar refractivity (Wildman–Crippen MR) is 104 cm³/mol. The normalized spacial score (nSPS) is 11.5. The average molecular weight is 323 g/mol. The van der Waals surface area contributed by atoms with Crippen molar-refractivity contribution in [1.29, 1.82) is 0 Å². The van der Waals surface area contributed by atoms with Gasteiger partial charge in [0.05, 0.1) is 0 Å². The molecule has 1 aromatic heterocycles. The summed E-state index contributed by atoms with van der Waals surface area (Å²) in [6, 6.07) is 14.3. The summed E-state index contributed by atoms with van der Waals surface area (Å²) in [5.74, 6) is 0.345. The summed E-state index contributed by atoms with van der Waals surface area (Å²) in [5, 5.41) is 12.2. The number of aromatic hydroxyl groups is 1. The molecule has 0 unspecified atom stereocenters. The molecule has 1 N–H and O–H groups in total. The number of benzene rings is 2. The van der Waals surface area contributed by atoms with Crippen LogP contribution in [0.5, 0.6) is 5.75 Å². The number of hydrogen-bond donors (Lipinski definition) is 1.